The quantitative estimate of drug-likeness (QED) is 0.524. The maximum absolute atomic E-state index is 10.9. The molecule has 2 aromatic carbocycles. The van der Waals surface area contributed by atoms with Crippen molar-refractivity contribution in [2.45, 2.75) is 13.8 Å². The predicted octanol–water partition coefficient (Wildman–Crippen LogP) is 3.36. The van der Waals surface area contributed by atoms with Crippen molar-refractivity contribution in [1.82, 2.24) is 0 Å². The first-order valence-corrected chi connectivity index (χ1v) is 4.73. The number of fused-ring (bicyclic) bond motifs is 1. The van der Waals surface area contributed by atoms with E-state index < -0.39 is 0 Å². The van der Waals surface area contributed by atoms with Crippen LogP contribution in [0.4, 0.5) is 5.69 Å². The van der Waals surface area contributed by atoms with Crippen LogP contribution in [0.1, 0.15) is 11.1 Å². The third kappa shape index (κ3) is 1.68. The molecule has 3 heteroatoms. The Morgan fingerprint density at radius 3 is 2.47 bits per heavy atom. The molecule has 15 heavy (non-hydrogen) atoms. The van der Waals surface area contributed by atoms with E-state index in [9.17, 15) is 10.1 Å². The first-order valence-electron chi connectivity index (χ1n) is 4.73. The number of nitrogens with zero attached hydrogens (tertiary/aromatic N) is 1. The Balaban J connectivity index is 2.87. The Hall–Kier alpha value is -1.90. The van der Waals surface area contributed by atoms with Gasteiger partial charge in [-0.2, -0.15) is 0 Å². The van der Waals surface area contributed by atoms with E-state index in [2.05, 4.69) is 0 Å². The van der Waals surface area contributed by atoms with Crippen LogP contribution in [0.15, 0.2) is 30.3 Å². The molecule has 0 radical (unpaired) electrons. The highest BCUT2D eigenvalue weighted by Crippen LogP contribution is 2.27. The largest absolute Gasteiger partial charge is 0.277 e. The molecule has 0 bridgehead atoms. The molecule has 0 aliphatic carbocycles. The Labute approximate surface area is 87.5 Å². The van der Waals surface area contributed by atoms with Crippen LogP contribution in [0.5, 0.6) is 0 Å². The van der Waals surface area contributed by atoms with Gasteiger partial charge in [0, 0.05) is 6.07 Å². The number of benzene rings is 2. The lowest BCUT2D eigenvalue weighted by Gasteiger charge is -2.02. The zero-order chi connectivity index (χ0) is 11.0. The van der Waals surface area contributed by atoms with E-state index in [1.165, 1.54) is 0 Å². The SMILES string of the molecule is Cc1cc([N+](=O)[O-])c2cc(C)ccc2c1. The number of aryl methyl sites for hydroxylation is 2. The van der Waals surface area contributed by atoms with E-state index in [1.54, 1.807) is 6.07 Å². The summed E-state index contributed by atoms with van der Waals surface area (Å²) in [6.07, 6.45) is 0. The molecular weight excluding hydrogens is 190 g/mol. The van der Waals surface area contributed by atoms with Gasteiger partial charge in [0.2, 0.25) is 0 Å². The highest BCUT2D eigenvalue weighted by atomic mass is 16.6. The van der Waals surface area contributed by atoms with E-state index in [0.29, 0.717) is 5.39 Å². The van der Waals surface area contributed by atoms with E-state index in [-0.39, 0.29) is 10.6 Å². The van der Waals surface area contributed by atoms with Crippen LogP contribution in [0, 0.1) is 24.0 Å². The zero-order valence-electron chi connectivity index (χ0n) is 8.65. The van der Waals surface area contributed by atoms with Crippen molar-refractivity contribution < 1.29 is 4.92 Å². The summed E-state index contributed by atoms with van der Waals surface area (Å²) in [6, 6.07) is 9.31. The minimum absolute atomic E-state index is 0.189. The second-order valence-electron chi connectivity index (χ2n) is 3.77. The minimum Gasteiger partial charge on any atom is -0.258 e. The van der Waals surface area contributed by atoms with Gasteiger partial charge in [0.05, 0.1) is 10.3 Å². The highest BCUT2D eigenvalue weighted by molar-refractivity contribution is 5.92. The van der Waals surface area contributed by atoms with Crippen molar-refractivity contribution >= 4 is 16.5 Å². The Morgan fingerprint density at radius 1 is 1.07 bits per heavy atom. The molecule has 2 rings (SSSR count). The lowest BCUT2D eigenvalue weighted by atomic mass is 10.0. The van der Waals surface area contributed by atoms with Gasteiger partial charge in [0.1, 0.15) is 0 Å². The standard InChI is InChI=1S/C12H11NO2/c1-8-3-4-10-5-9(2)7-12(13(14)15)11(10)6-8/h3-7H,1-2H3. The third-order valence-corrected chi connectivity index (χ3v) is 2.43. The Morgan fingerprint density at radius 2 is 1.80 bits per heavy atom. The number of nitro benzene ring substituents is 1. The molecule has 0 aliphatic heterocycles. The van der Waals surface area contributed by atoms with Crippen molar-refractivity contribution in [2.24, 2.45) is 0 Å². The summed E-state index contributed by atoms with van der Waals surface area (Å²) < 4.78 is 0. The fraction of sp³-hybridized carbons (Fsp3) is 0.167. The molecule has 2 aromatic rings. The summed E-state index contributed by atoms with van der Waals surface area (Å²) in [5, 5.41) is 12.5. The zero-order valence-corrected chi connectivity index (χ0v) is 8.65. The summed E-state index contributed by atoms with van der Waals surface area (Å²) in [5.74, 6) is 0. The van der Waals surface area contributed by atoms with Crippen LogP contribution in [0.25, 0.3) is 10.8 Å². The molecule has 0 saturated carbocycles. The van der Waals surface area contributed by atoms with Crippen LogP contribution in [-0.2, 0) is 0 Å². The summed E-state index contributed by atoms with van der Waals surface area (Å²) >= 11 is 0. The number of rotatable bonds is 1. The van der Waals surface area contributed by atoms with Crippen molar-refractivity contribution in [2.75, 3.05) is 0 Å². The van der Waals surface area contributed by atoms with Crippen molar-refractivity contribution in [3.05, 3.63) is 51.6 Å². The molecule has 0 amide bonds. The molecule has 0 unspecified atom stereocenters. The average molecular weight is 201 g/mol. The molecule has 0 saturated heterocycles. The van der Waals surface area contributed by atoms with Gasteiger partial charge in [0.15, 0.2) is 0 Å². The molecule has 0 fully saturated rings. The monoisotopic (exact) mass is 201 g/mol. The molecule has 0 spiro atoms. The number of hydrogen-bond donors (Lipinski definition) is 0. The first-order chi connectivity index (χ1) is 7.08. The summed E-state index contributed by atoms with van der Waals surface area (Å²) in [7, 11) is 0. The second-order valence-corrected chi connectivity index (χ2v) is 3.77. The fourth-order valence-corrected chi connectivity index (χ4v) is 1.75. The lowest BCUT2D eigenvalue weighted by molar-refractivity contribution is -0.383. The Kier molecular flexibility index (Phi) is 2.15. The molecule has 0 N–H and O–H groups in total. The first kappa shape index (κ1) is 9.65. The number of hydrogen-bond acceptors (Lipinski definition) is 2. The van der Waals surface area contributed by atoms with E-state index >= 15 is 0 Å². The highest BCUT2D eigenvalue weighted by Gasteiger charge is 2.12. The molecule has 0 aliphatic rings. The van der Waals surface area contributed by atoms with Crippen molar-refractivity contribution in [3.8, 4) is 0 Å². The van der Waals surface area contributed by atoms with Gasteiger partial charge in [-0.25, -0.2) is 0 Å². The lowest BCUT2D eigenvalue weighted by Crippen LogP contribution is -1.91. The summed E-state index contributed by atoms with van der Waals surface area (Å²) in [6.45, 7) is 3.80. The van der Waals surface area contributed by atoms with E-state index in [0.717, 1.165) is 16.5 Å². The molecule has 0 heterocycles. The Bertz CT molecular complexity index is 547. The minimum atomic E-state index is -0.325. The summed E-state index contributed by atoms with van der Waals surface area (Å²) in [4.78, 5) is 10.6. The maximum atomic E-state index is 10.9. The van der Waals surface area contributed by atoms with Crippen LogP contribution in [-0.4, -0.2) is 4.92 Å². The van der Waals surface area contributed by atoms with Gasteiger partial charge in [0.25, 0.3) is 5.69 Å². The molecule has 76 valence electrons. The smallest absolute Gasteiger partial charge is 0.258 e. The van der Waals surface area contributed by atoms with E-state index in [1.807, 2.05) is 38.1 Å². The van der Waals surface area contributed by atoms with Crippen LogP contribution < -0.4 is 0 Å². The van der Waals surface area contributed by atoms with Crippen LogP contribution >= 0.6 is 0 Å². The van der Waals surface area contributed by atoms with Gasteiger partial charge in [-0.3, -0.25) is 10.1 Å². The maximum Gasteiger partial charge on any atom is 0.277 e. The van der Waals surface area contributed by atoms with Gasteiger partial charge >= 0.3 is 0 Å². The predicted molar refractivity (Wildman–Crippen MR) is 60.1 cm³/mol. The molecule has 3 nitrogen and oxygen atoms in total. The molecular formula is C12H11NO2. The second kappa shape index (κ2) is 3.35. The van der Waals surface area contributed by atoms with Gasteiger partial charge < -0.3 is 0 Å². The number of nitro groups is 1. The fourth-order valence-electron chi connectivity index (χ4n) is 1.75. The number of non-ortho nitro benzene ring substituents is 1. The summed E-state index contributed by atoms with van der Waals surface area (Å²) in [5.41, 5.74) is 2.14. The molecule has 0 atom stereocenters. The van der Waals surface area contributed by atoms with Crippen LogP contribution in [0.2, 0.25) is 0 Å². The van der Waals surface area contributed by atoms with Gasteiger partial charge in [-0.15, -0.1) is 0 Å². The van der Waals surface area contributed by atoms with Gasteiger partial charge in [-0.1, -0.05) is 23.8 Å². The van der Waals surface area contributed by atoms with Crippen molar-refractivity contribution in [3.63, 3.8) is 0 Å². The topological polar surface area (TPSA) is 43.1 Å². The normalized spacial score (nSPS) is 10.5. The average Bonchev–Trinajstić information content (AvgIpc) is 2.17. The van der Waals surface area contributed by atoms with Crippen LogP contribution in [0.3, 0.4) is 0 Å². The van der Waals surface area contributed by atoms with Crippen molar-refractivity contribution in [1.29, 1.82) is 0 Å². The van der Waals surface area contributed by atoms with E-state index in [4.69, 9.17) is 0 Å². The molecule has 0 aromatic heterocycles. The third-order valence-electron chi connectivity index (χ3n) is 2.43. The van der Waals surface area contributed by atoms with Gasteiger partial charge in [-0.05, 0) is 30.9 Å².